The summed E-state index contributed by atoms with van der Waals surface area (Å²) in [5.41, 5.74) is 1.24. The van der Waals surface area contributed by atoms with Gasteiger partial charge in [-0.05, 0) is 50.8 Å². The first-order chi connectivity index (χ1) is 13.5. The first-order valence-electron chi connectivity index (χ1n) is 9.49. The standard InChI is InChI=1S/C21H22FN3O2S/c1-13-4-3-5-14(2)25(13)18(26)10-24-12-23-20-19(21(24)27)17(11-28-20)15-6-8-16(22)9-7-15/h6-9,11-14H,3-5,10H2,1-2H3/t13-,14-/m1/s1. The number of hydrogen-bond donors (Lipinski definition) is 0. The van der Waals surface area contributed by atoms with Crippen molar-refractivity contribution in [2.75, 3.05) is 0 Å². The van der Waals surface area contributed by atoms with E-state index in [2.05, 4.69) is 18.8 Å². The monoisotopic (exact) mass is 399 g/mol. The molecule has 1 aromatic carbocycles. The maximum Gasteiger partial charge on any atom is 0.263 e. The van der Waals surface area contributed by atoms with Crippen LogP contribution in [0, 0.1) is 5.82 Å². The van der Waals surface area contributed by atoms with Crippen LogP contribution in [0.25, 0.3) is 21.3 Å². The lowest BCUT2D eigenvalue weighted by atomic mass is 9.97. The average molecular weight is 399 g/mol. The fraction of sp³-hybridized carbons (Fsp3) is 0.381. The molecule has 1 fully saturated rings. The predicted molar refractivity (Wildman–Crippen MR) is 109 cm³/mol. The third kappa shape index (κ3) is 3.35. The minimum atomic E-state index is -0.325. The second-order valence-electron chi connectivity index (χ2n) is 7.44. The Labute approximate surface area is 166 Å². The lowest BCUT2D eigenvalue weighted by molar-refractivity contribution is -0.138. The summed E-state index contributed by atoms with van der Waals surface area (Å²) < 4.78 is 14.6. The number of thiophene rings is 1. The third-order valence-corrected chi connectivity index (χ3v) is 6.39. The number of benzene rings is 1. The largest absolute Gasteiger partial charge is 0.336 e. The molecule has 3 heterocycles. The fourth-order valence-electron chi connectivity index (χ4n) is 4.06. The van der Waals surface area contributed by atoms with E-state index in [-0.39, 0.29) is 35.9 Å². The topological polar surface area (TPSA) is 55.2 Å². The van der Waals surface area contributed by atoms with Gasteiger partial charge in [0.05, 0.1) is 11.7 Å². The molecule has 4 rings (SSSR count). The zero-order valence-corrected chi connectivity index (χ0v) is 16.7. The Balaban J connectivity index is 1.70. The fourth-order valence-corrected chi connectivity index (χ4v) is 4.97. The zero-order valence-electron chi connectivity index (χ0n) is 15.9. The highest BCUT2D eigenvalue weighted by atomic mass is 32.1. The third-order valence-electron chi connectivity index (χ3n) is 5.50. The van der Waals surface area contributed by atoms with Crippen LogP contribution in [0.2, 0.25) is 0 Å². The van der Waals surface area contributed by atoms with Gasteiger partial charge in [-0.1, -0.05) is 12.1 Å². The minimum Gasteiger partial charge on any atom is -0.336 e. The van der Waals surface area contributed by atoms with Gasteiger partial charge in [0.2, 0.25) is 5.91 Å². The van der Waals surface area contributed by atoms with E-state index in [1.807, 2.05) is 10.3 Å². The van der Waals surface area contributed by atoms with Crippen LogP contribution in [0.3, 0.4) is 0 Å². The smallest absolute Gasteiger partial charge is 0.263 e. The Kier molecular flexibility index (Phi) is 5.02. The van der Waals surface area contributed by atoms with Crippen LogP contribution in [0.5, 0.6) is 0 Å². The van der Waals surface area contributed by atoms with E-state index in [0.29, 0.717) is 10.2 Å². The number of likely N-dealkylation sites (tertiary alicyclic amines) is 1. The lowest BCUT2D eigenvalue weighted by Crippen LogP contribution is -2.49. The highest BCUT2D eigenvalue weighted by Gasteiger charge is 2.29. The molecule has 5 nitrogen and oxygen atoms in total. The molecule has 2 atom stereocenters. The first-order valence-corrected chi connectivity index (χ1v) is 10.4. The molecule has 1 aliphatic rings. The van der Waals surface area contributed by atoms with Crippen LogP contribution in [-0.4, -0.2) is 32.4 Å². The maximum atomic E-state index is 13.3. The van der Waals surface area contributed by atoms with Crippen molar-refractivity contribution in [3.63, 3.8) is 0 Å². The highest BCUT2D eigenvalue weighted by Crippen LogP contribution is 2.30. The van der Waals surface area contributed by atoms with Crippen molar-refractivity contribution >= 4 is 27.5 Å². The average Bonchev–Trinajstić information content (AvgIpc) is 3.09. The molecule has 0 unspecified atom stereocenters. The summed E-state index contributed by atoms with van der Waals surface area (Å²) in [7, 11) is 0. The predicted octanol–water partition coefficient (Wildman–Crippen LogP) is 4.05. The molecule has 0 radical (unpaired) electrons. The number of halogens is 1. The van der Waals surface area contributed by atoms with Gasteiger partial charge in [-0.3, -0.25) is 14.2 Å². The number of aromatic nitrogens is 2. The van der Waals surface area contributed by atoms with Crippen molar-refractivity contribution in [3.05, 3.63) is 52.1 Å². The summed E-state index contributed by atoms with van der Waals surface area (Å²) in [6, 6.07) is 6.40. The van der Waals surface area contributed by atoms with Crippen LogP contribution in [-0.2, 0) is 11.3 Å². The Morgan fingerprint density at radius 2 is 1.89 bits per heavy atom. The molecule has 146 valence electrons. The molecule has 28 heavy (non-hydrogen) atoms. The maximum absolute atomic E-state index is 13.3. The van der Waals surface area contributed by atoms with Gasteiger partial charge in [-0.25, -0.2) is 9.37 Å². The van der Waals surface area contributed by atoms with Gasteiger partial charge in [0.15, 0.2) is 0 Å². The molecular weight excluding hydrogens is 377 g/mol. The van der Waals surface area contributed by atoms with E-state index >= 15 is 0 Å². The second-order valence-corrected chi connectivity index (χ2v) is 8.30. The Hall–Kier alpha value is -2.54. The molecule has 7 heteroatoms. The SMILES string of the molecule is C[C@@H]1CCC[C@@H](C)N1C(=O)Cn1cnc2scc(-c3ccc(F)cc3)c2c1=O. The summed E-state index contributed by atoms with van der Waals surface area (Å²) in [6.07, 6.45) is 4.55. The van der Waals surface area contributed by atoms with Crippen LogP contribution in [0.15, 0.2) is 40.8 Å². The highest BCUT2D eigenvalue weighted by molar-refractivity contribution is 7.17. The van der Waals surface area contributed by atoms with Crippen LogP contribution in [0.1, 0.15) is 33.1 Å². The number of amides is 1. The van der Waals surface area contributed by atoms with E-state index in [0.717, 1.165) is 30.4 Å². The number of nitrogens with zero attached hydrogens (tertiary/aromatic N) is 3. The quantitative estimate of drug-likeness (QED) is 0.668. The van der Waals surface area contributed by atoms with Gasteiger partial charge in [0.1, 0.15) is 17.2 Å². The van der Waals surface area contributed by atoms with E-state index in [9.17, 15) is 14.0 Å². The van der Waals surface area contributed by atoms with E-state index in [1.54, 1.807) is 12.1 Å². The molecule has 0 N–H and O–H groups in total. The number of carbonyl (C=O) groups excluding carboxylic acids is 1. The molecule has 0 spiro atoms. The van der Waals surface area contributed by atoms with Crippen molar-refractivity contribution in [2.24, 2.45) is 0 Å². The Morgan fingerprint density at radius 3 is 2.57 bits per heavy atom. The number of rotatable bonds is 3. The van der Waals surface area contributed by atoms with Gasteiger partial charge in [-0.2, -0.15) is 0 Å². The van der Waals surface area contributed by atoms with Crippen molar-refractivity contribution in [2.45, 2.75) is 51.7 Å². The van der Waals surface area contributed by atoms with Gasteiger partial charge in [0, 0.05) is 23.0 Å². The molecule has 1 amide bonds. The second kappa shape index (κ2) is 7.47. The van der Waals surface area contributed by atoms with Gasteiger partial charge >= 0.3 is 0 Å². The van der Waals surface area contributed by atoms with E-state index in [1.165, 1.54) is 34.4 Å². The number of fused-ring (bicyclic) bond motifs is 1. The summed E-state index contributed by atoms with van der Waals surface area (Å²) in [4.78, 5) is 32.9. The summed E-state index contributed by atoms with van der Waals surface area (Å²) in [6.45, 7) is 4.10. The lowest BCUT2D eigenvalue weighted by Gasteiger charge is -2.39. The number of carbonyl (C=O) groups is 1. The Morgan fingerprint density at radius 1 is 1.21 bits per heavy atom. The molecule has 0 saturated carbocycles. The first kappa shape index (κ1) is 18.8. The van der Waals surface area contributed by atoms with Crippen LogP contribution in [0.4, 0.5) is 4.39 Å². The summed E-state index contributed by atoms with van der Waals surface area (Å²) in [5, 5.41) is 2.33. The number of hydrogen-bond acceptors (Lipinski definition) is 4. The van der Waals surface area contributed by atoms with Crippen molar-refractivity contribution < 1.29 is 9.18 Å². The molecule has 0 bridgehead atoms. The van der Waals surface area contributed by atoms with Crippen LogP contribution >= 0.6 is 11.3 Å². The number of piperidine rings is 1. The van der Waals surface area contributed by atoms with Crippen molar-refractivity contribution in [3.8, 4) is 11.1 Å². The van der Waals surface area contributed by atoms with Crippen molar-refractivity contribution in [1.82, 2.24) is 14.5 Å². The zero-order chi connectivity index (χ0) is 19.8. The molecule has 3 aromatic rings. The molecule has 1 saturated heterocycles. The van der Waals surface area contributed by atoms with E-state index < -0.39 is 0 Å². The van der Waals surface area contributed by atoms with E-state index in [4.69, 9.17) is 0 Å². The van der Waals surface area contributed by atoms with Gasteiger partial charge in [-0.15, -0.1) is 11.3 Å². The van der Waals surface area contributed by atoms with Crippen molar-refractivity contribution in [1.29, 1.82) is 0 Å². The summed E-state index contributed by atoms with van der Waals surface area (Å²) in [5.74, 6) is -0.379. The molecule has 1 aliphatic heterocycles. The van der Waals surface area contributed by atoms with Gasteiger partial charge < -0.3 is 4.90 Å². The molecule has 2 aromatic heterocycles. The molecule has 0 aliphatic carbocycles. The molecular formula is C21H22FN3O2S. The summed E-state index contributed by atoms with van der Waals surface area (Å²) >= 11 is 1.37. The normalized spacial score (nSPS) is 19.9. The van der Waals surface area contributed by atoms with Crippen LogP contribution < -0.4 is 5.56 Å². The Bertz CT molecular complexity index is 1060. The minimum absolute atomic E-state index is 0.0187. The van der Waals surface area contributed by atoms with Gasteiger partial charge in [0.25, 0.3) is 5.56 Å².